The van der Waals surface area contributed by atoms with E-state index >= 15 is 0 Å². The van der Waals surface area contributed by atoms with E-state index in [1.807, 2.05) is 62.4 Å². The van der Waals surface area contributed by atoms with E-state index in [9.17, 15) is 14.7 Å². The third-order valence-electron chi connectivity index (χ3n) is 5.65. The fraction of sp³-hybridized carbons (Fsp3) is 0.200. The molecule has 0 fully saturated rings. The molecule has 7 heteroatoms. The minimum absolute atomic E-state index is 0.0607. The minimum atomic E-state index is -0.609. The van der Waals surface area contributed by atoms with Crippen LogP contribution in [0.5, 0.6) is 11.5 Å². The molecule has 0 heterocycles. The van der Waals surface area contributed by atoms with Gasteiger partial charge < -0.3 is 19.9 Å². The first-order valence-corrected chi connectivity index (χ1v) is 12.2. The molecule has 0 saturated heterocycles. The number of phenolic OH excluding ortho intramolecular Hbond substituents is 1. The molecule has 2 amide bonds. The summed E-state index contributed by atoms with van der Waals surface area (Å²) in [5.74, 6) is -0.141. The third kappa shape index (κ3) is 6.58. The van der Waals surface area contributed by atoms with Gasteiger partial charge in [0.05, 0.1) is 29.9 Å². The molecule has 7 nitrogen and oxygen atoms in total. The van der Waals surface area contributed by atoms with Crippen molar-refractivity contribution in [1.82, 2.24) is 0 Å². The van der Waals surface area contributed by atoms with Crippen LogP contribution >= 0.6 is 0 Å². The summed E-state index contributed by atoms with van der Waals surface area (Å²) in [5.41, 5.74) is 2.17. The minimum Gasteiger partial charge on any atom is -0.506 e. The highest BCUT2D eigenvalue weighted by Crippen LogP contribution is 2.40. The van der Waals surface area contributed by atoms with Gasteiger partial charge in [-0.2, -0.15) is 0 Å². The van der Waals surface area contributed by atoms with Crippen molar-refractivity contribution in [2.75, 3.05) is 23.8 Å². The Morgan fingerprint density at radius 1 is 0.892 bits per heavy atom. The van der Waals surface area contributed by atoms with Gasteiger partial charge in [-0.05, 0) is 35.7 Å². The van der Waals surface area contributed by atoms with E-state index in [4.69, 9.17) is 9.47 Å². The van der Waals surface area contributed by atoms with E-state index < -0.39 is 12.0 Å². The van der Waals surface area contributed by atoms with Crippen LogP contribution in [-0.2, 0) is 11.2 Å². The number of aromatic hydroxyl groups is 1. The molecule has 0 aromatic heterocycles. The van der Waals surface area contributed by atoms with E-state index in [-0.39, 0.29) is 23.8 Å². The molecule has 37 heavy (non-hydrogen) atoms. The number of amides is 2. The zero-order valence-corrected chi connectivity index (χ0v) is 20.9. The maximum atomic E-state index is 13.1. The molecule has 4 rings (SSSR count). The van der Waals surface area contributed by atoms with E-state index in [1.165, 1.54) is 6.07 Å². The predicted molar refractivity (Wildman–Crippen MR) is 145 cm³/mol. The molecule has 0 saturated carbocycles. The Labute approximate surface area is 216 Å². The van der Waals surface area contributed by atoms with Crippen molar-refractivity contribution in [3.05, 3.63) is 96.1 Å². The molecule has 4 aromatic rings. The lowest BCUT2D eigenvalue weighted by Crippen LogP contribution is -2.17. The Morgan fingerprint density at radius 3 is 2.30 bits per heavy atom. The van der Waals surface area contributed by atoms with Gasteiger partial charge >= 0.3 is 6.09 Å². The highest BCUT2D eigenvalue weighted by Gasteiger charge is 2.21. The van der Waals surface area contributed by atoms with Crippen molar-refractivity contribution < 1.29 is 24.2 Å². The molecule has 0 atom stereocenters. The number of para-hydroxylation sites is 1. The Balaban J connectivity index is 1.70. The third-order valence-corrected chi connectivity index (χ3v) is 5.65. The monoisotopic (exact) mass is 498 g/mol. The van der Waals surface area contributed by atoms with Crippen molar-refractivity contribution in [3.8, 4) is 11.5 Å². The molecule has 0 spiro atoms. The smallest absolute Gasteiger partial charge is 0.411 e. The lowest BCUT2D eigenvalue weighted by molar-refractivity contribution is 0.102. The van der Waals surface area contributed by atoms with Gasteiger partial charge in [-0.15, -0.1) is 0 Å². The van der Waals surface area contributed by atoms with Gasteiger partial charge in [0.1, 0.15) is 11.5 Å². The van der Waals surface area contributed by atoms with E-state index in [1.54, 1.807) is 30.3 Å². The number of rotatable bonds is 9. The van der Waals surface area contributed by atoms with Crippen molar-refractivity contribution >= 4 is 34.1 Å². The summed E-state index contributed by atoms with van der Waals surface area (Å²) < 4.78 is 11.4. The lowest BCUT2D eigenvalue weighted by Gasteiger charge is -2.17. The number of fused-ring (bicyclic) bond motifs is 1. The number of hydrogen-bond donors (Lipinski definition) is 3. The number of carbonyl (C=O) groups excluding carboxylic acids is 2. The van der Waals surface area contributed by atoms with Gasteiger partial charge in [0, 0.05) is 17.5 Å². The summed E-state index contributed by atoms with van der Waals surface area (Å²) in [7, 11) is 0. The number of hydrogen-bond acceptors (Lipinski definition) is 5. The summed E-state index contributed by atoms with van der Waals surface area (Å²) in [6.45, 7) is 4.50. The molecule has 0 unspecified atom stereocenters. The van der Waals surface area contributed by atoms with Gasteiger partial charge in [0.25, 0.3) is 5.91 Å². The van der Waals surface area contributed by atoms with Crippen LogP contribution in [0.4, 0.5) is 16.2 Å². The van der Waals surface area contributed by atoms with Crippen molar-refractivity contribution in [3.63, 3.8) is 0 Å². The molecule has 0 radical (unpaired) electrons. The number of benzene rings is 4. The highest BCUT2D eigenvalue weighted by atomic mass is 16.5. The maximum absolute atomic E-state index is 13.1. The number of anilines is 2. The average molecular weight is 499 g/mol. The van der Waals surface area contributed by atoms with Gasteiger partial charge in [0.2, 0.25) is 0 Å². The van der Waals surface area contributed by atoms with E-state index in [0.717, 1.165) is 5.56 Å². The first-order chi connectivity index (χ1) is 17.9. The van der Waals surface area contributed by atoms with Crippen molar-refractivity contribution in [2.24, 2.45) is 5.92 Å². The number of nitrogens with one attached hydrogen (secondary N) is 2. The molecule has 0 bridgehead atoms. The van der Waals surface area contributed by atoms with Crippen LogP contribution in [0.25, 0.3) is 10.8 Å². The predicted octanol–water partition coefficient (Wildman–Crippen LogP) is 6.62. The summed E-state index contributed by atoms with van der Waals surface area (Å²) in [5, 5.41) is 17.5. The van der Waals surface area contributed by atoms with Crippen LogP contribution < -0.4 is 15.4 Å². The van der Waals surface area contributed by atoms with Crippen LogP contribution in [0.15, 0.2) is 84.9 Å². The van der Waals surface area contributed by atoms with Crippen LogP contribution in [0.1, 0.15) is 29.8 Å². The molecule has 190 valence electrons. The molecule has 0 aliphatic carbocycles. The van der Waals surface area contributed by atoms with Crippen LogP contribution in [0.2, 0.25) is 0 Å². The molecular weight excluding hydrogens is 468 g/mol. The van der Waals surface area contributed by atoms with Crippen LogP contribution in [0.3, 0.4) is 0 Å². The second-order valence-electron chi connectivity index (χ2n) is 9.02. The quantitative estimate of drug-likeness (QED) is 0.241. The fourth-order valence-electron chi connectivity index (χ4n) is 3.85. The van der Waals surface area contributed by atoms with Gasteiger partial charge in [-0.25, -0.2) is 4.79 Å². The lowest BCUT2D eigenvalue weighted by atomic mass is 10.0. The van der Waals surface area contributed by atoms with Crippen molar-refractivity contribution in [2.45, 2.75) is 20.3 Å². The summed E-state index contributed by atoms with van der Waals surface area (Å²) in [6.07, 6.45) is 0.0302. The Bertz CT molecular complexity index is 1370. The normalized spacial score (nSPS) is 10.8. The Kier molecular flexibility index (Phi) is 8.26. The van der Waals surface area contributed by atoms with Crippen molar-refractivity contribution in [1.29, 1.82) is 0 Å². The summed E-state index contributed by atoms with van der Waals surface area (Å²) in [6, 6.07) is 25.5. The van der Waals surface area contributed by atoms with Crippen LogP contribution in [-0.4, -0.2) is 30.3 Å². The van der Waals surface area contributed by atoms with Gasteiger partial charge in [0.15, 0.2) is 0 Å². The Morgan fingerprint density at radius 2 is 1.59 bits per heavy atom. The maximum Gasteiger partial charge on any atom is 0.411 e. The molecule has 4 aromatic carbocycles. The number of carbonyl (C=O) groups is 2. The van der Waals surface area contributed by atoms with E-state index in [0.29, 0.717) is 40.9 Å². The summed E-state index contributed by atoms with van der Waals surface area (Å²) >= 11 is 0. The van der Waals surface area contributed by atoms with Crippen LogP contribution in [0, 0.1) is 5.92 Å². The zero-order chi connectivity index (χ0) is 26.2. The SMILES string of the molecule is CC(C)COC(=O)Nc1cccc2c(O)c(C(=O)Nc3ccccc3)cc(OCCc3ccccc3)c12. The number of ether oxygens (including phenoxy) is 2. The second kappa shape index (κ2) is 11.9. The second-order valence-corrected chi connectivity index (χ2v) is 9.02. The van der Waals surface area contributed by atoms with Gasteiger partial charge in [-0.1, -0.05) is 74.5 Å². The average Bonchev–Trinajstić information content (AvgIpc) is 2.90. The number of phenols is 1. The Hall–Kier alpha value is -4.52. The van der Waals surface area contributed by atoms with Gasteiger partial charge in [-0.3, -0.25) is 10.1 Å². The zero-order valence-electron chi connectivity index (χ0n) is 20.9. The topological polar surface area (TPSA) is 96.9 Å². The molecule has 0 aliphatic rings. The fourth-order valence-corrected chi connectivity index (χ4v) is 3.85. The standard InChI is InChI=1S/C30H30N2O5/c1-20(2)19-37-30(35)32-25-15-9-14-23-27(25)26(36-17-16-21-10-5-3-6-11-21)18-24(28(23)33)29(34)31-22-12-7-4-8-13-22/h3-15,18,20,33H,16-17,19H2,1-2H3,(H,31,34)(H,32,35). The summed E-state index contributed by atoms with van der Waals surface area (Å²) in [4.78, 5) is 25.6. The first kappa shape index (κ1) is 25.6. The molecular formula is C30H30N2O5. The first-order valence-electron chi connectivity index (χ1n) is 12.2. The molecule has 0 aliphatic heterocycles. The molecule has 3 N–H and O–H groups in total. The largest absolute Gasteiger partial charge is 0.506 e. The highest BCUT2D eigenvalue weighted by molar-refractivity contribution is 6.14. The van der Waals surface area contributed by atoms with E-state index in [2.05, 4.69) is 10.6 Å².